The highest BCUT2D eigenvalue weighted by Crippen LogP contribution is 2.29. The molecule has 0 unspecified atom stereocenters. The van der Waals surface area contributed by atoms with E-state index in [0.29, 0.717) is 10.7 Å². The number of hydrogen-bond acceptors (Lipinski definition) is 8. The summed E-state index contributed by atoms with van der Waals surface area (Å²) in [6.07, 6.45) is 0. The molecule has 192 valence electrons. The summed E-state index contributed by atoms with van der Waals surface area (Å²) in [5.74, 6) is -2.08. The molecule has 8 nitrogen and oxygen atoms in total. The third kappa shape index (κ3) is 6.84. The molecule has 1 N–H and O–H groups in total. The van der Waals surface area contributed by atoms with Crippen LogP contribution in [0.25, 0.3) is 5.57 Å². The van der Waals surface area contributed by atoms with E-state index in [2.05, 4.69) is 10.5 Å². The topological polar surface area (TPSA) is 111 Å². The van der Waals surface area contributed by atoms with Gasteiger partial charge in [0.15, 0.2) is 10.6 Å². The smallest absolute Gasteiger partial charge is 0.346 e. The Morgan fingerprint density at radius 1 is 0.811 bits per heavy atom. The lowest BCUT2D eigenvalue weighted by Gasteiger charge is -2.17. The Kier molecular flexibility index (Phi) is 9.59. The molecule has 0 spiro atoms. The van der Waals surface area contributed by atoms with Gasteiger partial charge >= 0.3 is 11.9 Å². The quantitative estimate of drug-likeness (QED) is 0.0762. The van der Waals surface area contributed by atoms with Crippen molar-refractivity contribution in [3.8, 4) is 0 Å². The van der Waals surface area contributed by atoms with Crippen LogP contribution in [0, 0.1) is 0 Å². The Hall–Kier alpha value is -3.95. The minimum Gasteiger partial charge on any atom is -0.462 e. The summed E-state index contributed by atoms with van der Waals surface area (Å²) >= 11 is 5.96. The van der Waals surface area contributed by atoms with E-state index in [1.54, 1.807) is 86.6 Å². The van der Waals surface area contributed by atoms with Gasteiger partial charge in [0.2, 0.25) is 9.84 Å². The van der Waals surface area contributed by atoms with Crippen molar-refractivity contribution in [1.29, 1.82) is 0 Å². The highest BCUT2D eigenvalue weighted by Gasteiger charge is 2.36. The standard InChI is InChI=1S/C27H25ClN2O6S/c1-3-35-26(31)24(27(32)36-4-2)23(19-11-7-5-8-12-19)25(30-29-21-17-15-20(28)16-18-21)37(33,34)22-13-9-6-10-14-22/h5-18,29H,3-4H2,1-2H3/b30-25+. The molecule has 37 heavy (non-hydrogen) atoms. The number of sulfone groups is 1. The number of hydrazone groups is 1. The molecule has 0 amide bonds. The first-order valence-corrected chi connectivity index (χ1v) is 13.2. The van der Waals surface area contributed by atoms with Crippen molar-refractivity contribution in [2.24, 2.45) is 5.10 Å². The molecule has 0 aliphatic heterocycles. The molecule has 3 rings (SSSR count). The van der Waals surface area contributed by atoms with Crippen LogP contribution in [0.5, 0.6) is 0 Å². The minimum absolute atomic E-state index is 0.0508. The highest BCUT2D eigenvalue weighted by molar-refractivity contribution is 8.07. The van der Waals surface area contributed by atoms with Gasteiger partial charge in [0.1, 0.15) is 0 Å². The zero-order valence-electron chi connectivity index (χ0n) is 20.2. The highest BCUT2D eigenvalue weighted by atomic mass is 35.5. The van der Waals surface area contributed by atoms with Gasteiger partial charge in [0.05, 0.1) is 23.8 Å². The third-order valence-corrected chi connectivity index (χ3v) is 6.87. The lowest BCUT2D eigenvalue weighted by molar-refractivity contribution is -0.146. The third-order valence-electron chi connectivity index (χ3n) is 4.92. The molecule has 3 aromatic rings. The Bertz CT molecular complexity index is 1380. The first-order valence-electron chi connectivity index (χ1n) is 11.3. The first kappa shape index (κ1) is 27.6. The number of carbonyl (C=O) groups excluding carboxylic acids is 2. The van der Waals surface area contributed by atoms with Crippen LogP contribution in [0.1, 0.15) is 19.4 Å². The van der Waals surface area contributed by atoms with Crippen LogP contribution < -0.4 is 5.43 Å². The lowest BCUT2D eigenvalue weighted by Crippen LogP contribution is -2.26. The van der Waals surface area contributed by atoms with Gasteiger partial charge in [-0.25, -0.2) is 18.0 Å². The normalized spacial score (nSPS) is 11.4. The van der Waals surface area contributed by atoms with Crippen LogP contribution in [0.15, 0.2) is 100 Å². The van der Waals surface area contributed by atoms with Crippen LogP contribution in [0.3, 0.4) is 0 Å². The molecule has 0 atom stereocenters. The summed E-state index contributed by atoms with van der Waals surface area (Å²) in [6.45, 7) is 3.04. The van der Waals surface area contributed by atoms with Gasteiger partial charge in [0, 0.05) is 10.6 Å². The molecule has 0 fully saturated rings. The number of benzene rings is 3. The molecule has 0 saturated heterocycles. The average molecular weight is 541 g/mol. The Labute approximate surface area is 220 Å². The average Bonchev–Trinajstić information content (AvgIpc) is 2.90. The van der Waals surface area contributed by atoms with Gasteiger partial charge in [0.25, 0.3) is 0 Å². The van der Waals surface area contributed by atoms with Crippen LogP contribution in [-0.2, 0) is 28.9 Å². The maximum Gasteiger partial charge on any atom is 0.346 e. The van der Waals surface area contributed by atoms with Crippen molar-refractivity contribution >= 4 is 49.7 Å². The molecule has 0 heterocycles. The predicted molar refractivity (Wildman–Crippen MR) is 143 cm³/mol. The Balaban J connectivity index is 2.39. The van der Waals surface area contributed by atoms with Gasteiger partial charge in [-0.15, -0.1) is 0 Å². The van der Waals surface area contributed by atoms with Crippen molar-refractivity contribution < 1.29 is 27.5 Å². The summed E-state index contributed by atoms with van der Waals surface area (Å²) in [5, 5.41) is 4.12. The van der Waals surface area contributed by atoms with E-state index in [0.717, 1.165) is 0 Å². The number of nitrogens with one attached hydrogen (secondary N) is 1. The molecule has 3 aromatic carbocycles. The molecule has 0 aliphatic rings. The van der Waals surface area contributed by atoms with Gasteiger partial charge in [-0.1, -0.05) is 60.1 Å². The van der Waals surface area contributed by atoms with Crippen LogP contribution in [0.2, 0.25) is 5.02 Å². The van der Waals surface area contributed by atoms with Crippen molar-refractivity contribution in [3.05, 3.63) is 101 Å². The molecule has 0 saturated carbocycles. The van der Waals surface area contributed by atoms with Crippen molar-refractivity contribution in [1.82, 2.24) is 0 Å². The number of esters is 2. The summed E-state index contributed by atoms with van der Waals surface area (Å²) in [6, 6.07) is 22.1. The Morgan fingerprint density at radius 2 is 1.32 bits per heavy atom. The van der Waals surface area contributed by atoms with E-state index in [1.165, 1.54) is 12.1 Å². The summed E-state index contributed by atoms with van der Waals surface area (Å²) in [5.41, 5.74) is 2.52. The van der Waals surface area contributed by atoms with E-state index in [-0.39, 0.29) is 29.2 Å². The number of rotatable bonds is 9. The van der Waals surface area contributed by atoms with Gasteiger partial charge in [-0.3, -0.25) is 5.43 Å². The van der Waals surface area contributed by atoms with Crippen molar-refractivity contribution in [2.45, 2.75) is 18.7 Å². The molecule has 0 aromatic heterocycles. The minimum atomic E-state index is -4.38. The first-order chi connectivity index (χ1) is 17.8. The summed E-state index contributed by atoms with van der Waals surface area (Å²) in [7, 11) is -4.38. The molecule has 10 heteroatoms. The zero-order chi connectivity index (χ0) is 26.8. The Morgan fingerprint density at radius 3 is 1.84 bits per heavy atom. The van der Waals surface area contributed by atoms with Gasteiger partial charge in [-0.2, -0.15) is 5.10 Å². The summed E-state index contributed by atoms with van der Waals surface area (Å²) in [4.78, 5) is 26.1. The second-order valence-corrected chi connectivity index (χ2v) is 9.71. The molecule has 0 bridgehead atoms. The molecular formula is C27H25ClN2O6S. The van der Waals surface area contributed by atoms with E-state index < -0.39 is 32.4 Å². The summed E-state index contributed by atoms with van der Waals surface area (Å²) < 4.78 is 38.2. The fourth-order valence-corrected chi connectivity index (χ4v) is 4.79. The van der Waals surface area contributed by atoms with E-state index in [1.807, 2.05) is 0 Å². The predicted octanol–water partition coefficient (Wildman–Crippen LogP) is 5.12. The van der Waals surface area contributed by atoms with Crippen LogP contribution in [-0.4, -0.2) is 38.6 Å². The maximum atomic E-state index is 14.0. The molecule has 0 radical (unpaired) electrons. The fourth-order valence-electron chi connectivity index (χ4n) is 3.27. The van der Waals surface area contributed by atoms with E-state index >= 15 is 0 Å². The second kappa shape index (κ2) is 12.8. The number of carbonyl (C=O) groups is 2. The van der Waals surface area contributed by atoms with E-state index in [4.69, 9.17) is 21.1 Å². The number of nitrogens with zero attached hydrogens (tertiary/aromatic N) is 1. The second-order valence-electron chi connectivity index (χ2n) is 7.41. The molecule has 0 aliphatic carbocycles. The lowest BCUT2D eigenvalue weighted by atomic mass is 10.0. The zero-order valence-corrected chi connectivity index (χ0v) is 21.8. The van der Waals surface area contributed by atoms with Gasteiger partial charge < -0.3 is 9.47 Å². The monoisotopic (exact) mass is 540 g/mol. The molecular weight excluding hydrogens is 516 g/mol. The number of halogens is 1. The van der Waals surface area contributed by atoms with E-state index in [9.17, 15) is 18.0 Å². The van der Waals surface area contributed by atoms with Crippen molar-refractivity contribution in [3.63, 3.8) is 0 Å². The van der Waals surface area contributed by atoms with Gasteiger partial charge in [-0.05, 0) is 55.8 Å². The number of ether oxygens (including phenoxy) is 2. The SMILES string of the molecule is CCOC(=O)C(C(=O)OCC)=C(/C(=N\Nc1ccc(Cl)cc1)S(=O)(=O)c1ccccc1)c1ccccc1. The van der Waals surface area contributed by atoms with Crippen molar-refractivity contribution in [2.75, 3.05) is 18.6 Å². The number of hydrogen-bond donors (Lipinski definition) is 1. The largest absolute Gasteiger partial charge is 0.462 e. The number of anilines is 1. The maximum absolute atomic E-state index is 14.0. The van der Waals surface area contributed by atoms with Crippen LogP contribution in [0.4, 0.5) is 5.69 Å². The fraction of sp³-hybridized carbons (Fsp3) is 0.148. The van der Waals surface area contributed by atoms with Crippen LogP contribution >= 0.6 is 11.6 Å².